The third kappa shape index (κ3) is 3.76. The van der Waals surface area contributed by atoms with Crippen molar-refractivity contribution < 1.29 is 19.2 Å². The highest BCUT2D eigenvalue weighted by molar-refractivity contribution is 5.48. The van der Waals surface area contributed by atoms with Gasteiger partial charge in [-0.25, -0.2) is 4.39 Å². The Labute approximate surface area is 120 Å². The van der Waals surface area contributed by atoms with Crippen molar-refractivity contribution in [1.82, 2.24) is 0 Å². The Morgan fingerprint density at radius 1 is 1.29 bits per heavy atom. The number of nitrogens with zero attached hydrogens (tertiary/aromatic N) is 1. The van der Waals surface area contributed by atoms with Gasteiger partial charge in [-0.1, -0.05) is 18.2 Å². The number of hydrogen-bond donors (Lipinski definition) is 1. The maximum atomic E-state index is 12.8. The van der Waals surface area contributed by atoms with E-state index >= 15 is 0 Å². The van der Waals surface area contributed by atoms with Crippen molar-refractivity contribution in [2.45, 2.75) is 13.0 Å². The number of halogens is 1. The van der Waals surface area contributed by atoms with E-state index in [4.69, 9.17) is 4.74 Å². The van der Waals surface area contributed by atoms with E-state index < -0.39 is 16.8 Å². The first-order chi connectivity index (χ1) is 9.97. The van der Waals surface area contributed by atoms with Crippen LogP contribution in [0.5, 0.6) is 5.75 Å². The highest BCUT2D eigenvalue weighted by atomic mass is 19.1. The number of rotatable bonds is 5. The largest absolute Gasteiger partial charge is 0.484 e. The third-order valence-electron chi connectivity index (χ3n) is 2.96. The summed E-state index contributed by atoms with van der Waals surface area (Å²) in [5, 5.41) is 20.9. The summed E-state index contributed by atoms with van der Waals surface area (Å²) in [4.78, 5) is 10.4. The van der Waals surface area contributed by atoms with Crippen LogP contribution in [0.1, 0.15) is 17.2 Å². The molecule has 5 nitrogen and oxygen atoms in total. The average molecular weight is 291 g/mol. The molecule has 2 aromatic rings. The zero-order valence-corrected chi connectivity index (χ0v) is 11.3. The van der Waals surface area contributed by atoms with Gasteiger partial charge in [-0.05, 0) is 36.2 Å². The Bertz CT molecular complexity index is 643. The Balaban J connectivity index is 2.09. The van der Waals surface area contributed by atoms with E-state index in [2.05, 4.69) is 0 Å². The van der Waals surface area contributed by atoms with Crippen LogP contribution < -0.4 is 4.74 Å². The molecule has 0 fully saturated rings. The van der Waals surface area contributed by atoms with Crippen LogP contribution in [-0.2, 0) is 0 Å². The normalized spacial score (nSPS) is 12.0. The van der Waals surface area contributed by atoms with Gasteiger partial charge in [-0.2, -0.15) is 0 Å². The van der Waals surface area contributed by atoms with Gasteiger partial charge >= 0.3 is 5.69 Å². The summed E-state index contributed by atoms with van der Waals surface area (Å²) in [6.07, 6.45) is -0.994. The molecule has 0 heterocycles. The van der Waals surface area contributed by atoms with Crippen molar-refractivity contribution in [3.8, 4) is 5.75 Å². The molecule has 21 heavy (non-hydrogen) atoms. The molecular weight excluding hydrogens is 277 g/mol. The Hall–Kier alpha value is -2.47. The third-order valence-corrected chi connectivity index (χ3v) is 2.96. The molecule has 6 heteroatoms. The van der Waals surface area contributed by atoms with E-state index in [9.17, 15) is 19.6 Å². The van der Waals surface area contributed by atoms with Gasteiger partial charge in [0.2, 0.25) is 0 Å². The quantitative estimate of drug-likeness (QED) is 0.678. The Morgan fingerprint density at radius 3 is 2.57 bits per heavy atom. The molecule has 0 saturated carbocycles. The molecule has 0 aliphatic heterocycles. The van der Waals surface area contributed by atoms with E-state index in [0.29, 0.717) is 5.56 Å². The molecule has 2 aromatic carbocycles. The molecule has 110 valence electrons. The highest BCUT2D eigenvalue weighted by Gasteiger charge is 2.17. The van der Waals surface area contributed by atoms with Crippen LogP contribution in [0.3, 0.4) is 0 Å². The number of nitro benzene ring substituents is 1. The smallest absolute Gasteiger partial charge is 0.311 e. The standard InChI is InChI=1S/C15H14FNO4/c1-10-2-7-15(13(8-10)17(19)20)21-9-14(18)11-3-5-12(16)6-4-11/h2-8,14,18H,9H2,1H3. The van der Waals surface area contributed by atoms with Crippen LogP contribution in [0.4, 0.5) is 10.1 Å². The van der Waals surface area contributed by atoms with Crippen molar-refractivity contribution in [1.29, 1.82) is 0 Å². The number of benzene rings is 2. The lowest BCUT2D eigenvalue weighted by Crippen LogP contribution is -2.10. The fourth-order valence-corrected chi connectivity index (χ4v) is 1.84. The molecular formula is C15H14FNO4. The SMILES string of the molecule is Cc1ccc(OCC(O)c2ccc(F)cc2)c([N+](=O)[O-])c1. The monoisotopic (exact) mass is 291 g/mol. The van der Waals surface area contributed by atoms with Crippen molar-refractivity contribution in [3.63, 3.8) is 0 Å². The highest BCUT2D eigenvalue weighted by Crippen LogP contribution is 2.28. The fourth-order valence-electron chi connectivity index (χ4n) is 1.84. The first-order valence-corrected chi connectivity index (χ1v) is 6.29. The van der Waals surface area contributed by atoms with Gasteiger partial charge < -0.3 is 9.84 Å². The first-order valence-electron chi connectivity index (χ1n) is 6.29. The van der Waals surface area contributed by atoms with Crippen LogP contribution in [0.15, 0.2) is 42.5 Å². The fraction of sp³-hybridized carbons (Fsp3) is 0.200. The number of nitro groups is 1. The van der Waals surface area contributed by atoms with Gasteiger partial charge in [0.25, 0.3) is 0 Å². The minimum Gasteiger partial charge on any atom is -0.484 e. The second-order valence-corrected chi connectivity index (χ2v) is 4.61. The topological polar surface area (TPSA) is 72.6 Å². The molecule has 0 bridgehead atoms. The second-order valence-electron chi connectivity index (χ2n) is 4.61. The van der Waals surface area contributed by atoms with E-state index in [1.807, 2.05) is 0 Å². The zero-order chi connectivity index (χ0) is 15.4. The molecule has 0 radical (unpaired) electrons. The number of hydrogen-bond acceptors (Lipinski definition) is 4. The molecule has 0 aliphatic carbocycles. The molecule has 0 aliphatic rings. The number of ether oxygens (including phenoxy) is 1. The van der Waals surface area contributed by atoms with Crippen molar-refractivity contribution >= 4 is 5.69 Å². The summed E-state index contributed by atoms with van der Waals surface area (Å²) in [7, 11) is 0. The maximum absolute atomic E-state index is 12.8. The molecule has 0 spiro atoms. The van der Waals surface area contributed by atoms with Crippen LogP contribution >= 0.6 is 0 Å². The number of aliphatic hydroxyl groups is 1. The van der Waals surface area contributed by atoms with Crippen molar-refractivity contribution in [2.75, 3.05) is 6.61 Å². The molecule has 1 atom stereocenters. The van der Waals surface area contributed by atoms with E-state index in [-0.39, 0.29) is 18.0 Å². The molecule has 1 N–H and O–H groups in total. The summed E-state index contributed by atoms with van der Waals surface area (Å²) in [5.41, 5.74) is 1.07. The average Bonchev–Trinajstić information content (AvgIpc) is 2.46. The minimum absolute atomic E-state index is 0.0896. The lowest BCUT2D eigenvalue weighted by atomic mass is 10.1. The van der Waals surface area contributed by atoms with Gasteiger partial charge in [-0.3, -0.25) is 10.1 Å². The Kier molecular flexibility index (Phi) is 4.49. The molecule has 1 unspecified atom stereocenters. The Morgan fingerprint density at radius 2 is 1.95 bits per heavy atom. The lowest BCUT2D eigenvalue weighted by Gasteiger charge is -2.13. The van der Waals surface area contributed by atoms with E-state index in [1.165, 1.54) is 36.4 Å². The minimum atomic E-state index is -0.994. The van der Waals surface area contributed by atoms with Gasteiger partial charge in [-0.15, -0.1) is 0 Å². The van der Waals surface area contributed by atoms with Gasteiger partial charge in [0.1, 0.15) is 18.5 Å². The summed E-state index contributed by atoms with van der Waals surface area (Å²) in [6.45, 7) is 1.58. The molecule has 0 aromatic heterocycles. The van der Waals surface area contributed by atoms with Crippen LogP contribution in [0, 0.1) is 22.9 Å². The predicted molar refractivity (Wildman–Crippen MR) is 74.7 cm³/mol. The number of aliphatic hydroxyl groups excluding tert-OH is 1. The summed E-state index contributed by atoms with van der Waals surface area (Å²) >= 11 is 0. The summed E-state index contributed by atoms with van der Waals surface area (Å²) < 4.78 is 18.1. The second kappa shape index (κ2) is 6.32. The van der Waals surface area contributed by atoms with Gasteiger partial charge in [0.05, 0.1) is 4.92 Å². The summed E-state index contributed by atoms with van der Waals surface area (Å²) in [5.74, 6) is -0.312. The van der Waals surface area contributed by atoms with E-state index in [0.717, 1.165) is 5.56 Å². The number of aryl methyl sites for hydroxylation is 1. The van der Waals surface area contributed by atoms with Crippen LogP contribution in [0.2, 0.25) is 0 Å². The van der Waals surface area contributed by atoms with Crippen molar-refractivity contribution in [2.24, 2.45) is 0 Å². The van der Waals surface area contributed by atoms with Crippen molar-refractivity contribution in [3.05, 3.63) is 69.5 Å². The lowest BCUT2D eigenvalue weighted by molar-refractivity contribution is -0.386. The molecule has 0 saturated heterocycles. The first kappa shape index (κ1) is 14.9. The molecule has 2 rings (SSSR count). The van der Waals surface area contributed by atoms with Gasteiger partial charge in [0.15, 0.2) is 5.75 Å². The zero-order valence-electron chi connectivity index (χ0n) is 11.3. The van der Waals surface area contributed by atoms with Crippen LogP contribution in [0.25, 0.3) is 0 Å². The van der Waals surface area contributed by atoms with E-state index in [1.54, 1.807) is 13.0 Å². The van der Waals surface area contributed by atoms with Gasteiger partial charge in [0, 0.05) is 6.07 Å². The summed E-state index contributed by atoms with van der Waals surface area (Å²) in [6, 6.07) is 9.91. The molecule has 0 amide bonds. The maximum Gasteiger partial charge on any atom is 0.311 e. The predicted octanol–water partition coefficient (Wildman–Crippen LogP) is 3.15. The van der Waals surface area contributed by atoms with Crippen LogP contribution in [-0.4, -0.2) is 16.6 Å².